The maximum atomic E-state index is 13.5. The van der Waals surface area contributed by atoms with Crippen molar-refractivity contribution >= 4 is 67.9 Å². The van der Waals surface area contributed by atoms with E-state index >= 15 is 0 Å². The summed E-state index contributed by atoms with van der Waals surface area (Å²) >= 11 is 2.87. The van der Waals surface area contributed by atoms with Crippen LogP contribution in [0, 0.1) is 13.8 Å². The van der Waals surface area contributed by atoms with E-state index in [4.69, 9.17) is 0 Å². The first kappa shape index (κ1) is 30.7. The number of fused-ring (bicyclic) bond motifs is 1. The van der Waals surface area contributed by atoms with Crippen LogP contribution in [0.3, 0.4) is 0 Å². The highest BCUT2D eigenvalue weighted by Gasteiger charge is 2.20. The first-order valence-electron chi connectivity index (χ1n) is 14.2. The Hall–Kier alpha value is -4.73. The van der Waals surface area contributed by atoms with Gasteiger partial charge >= 0.3 is 0 Å². The molecule has 1 aromatic heterocycles. The van der Waals surface area contributed by atoms with Crippen LogP contribution in [-0.4, -0.2) is 28.0 Å². The van der Waals surface area contributed by atoms with Gasteiger partial charge in [-0.15, -0.1) is 11.8 Å². The lowest BCUT2D eigenvalue weighted by Gasteiger charge is -2.15. The predicted molar refractivity (Wildman–Crippen MR) is 181 cm³/mol. The number of aryl methyl sites for hydroxylation is 2. The molecule has 3 N–H and O–H groups in total. The number of nitrogens with zero attached hydrogens (tertiary/aromatic N) is 1. The second-order valence-electron chi connectivity index (χ2n) is 10.3. The summed E-state index contributed by atoms with van der Waals surface area (Å²) in [5, 5.41) is 8.86. The van der Waals surface area contributed by atoms with Crippen LogP contribution >= 0.6 is 23.1 Å². The summed E-state index contributed by atoms with van der Waals surface area (Å²) in [6.07, 6.45) is 2.26. The molecule has 0 saturated heterocycles. The third-order valence-electron chi connectivity index (χ3n) is 6.69. The van der Waals surface area contributed by atoms with Crippen molar-refractivity contribution in [2.24, 2.45) is 0 Å². The smallest absolute Gasteiger partial charge is 0.272 e. The van der Waals surface area contributed by atoms with Crippen LogP contribution in [-0.2, 0) is 9.59 Å². The summed E-state index contributed by atoms with van der Waals surface area (Å²) in [5.74, 6) is -0.979. The summed E-state index contributed by atoms with van der Waals surface area (Å²) < 4.78 is 1.03. The van der Waals surface area contributed by atoms with Crippen molar-refractivity contribution in [3.63, 3.8) is 0 Å². The van der Waals surface area contributed by atoms with Gasteiger partial charge in [-0.05, 0) is 79.9 Å². The second-order valence-corrected chi connectivity index (χ2v) is 12.6. The van der Waals surface area contributed by atoms with Crippen LogP contribution in [0.25, 0.3) is 16.3 Å². The van der Waals surface area contributed by atoms with Gasteiger partial charge in [-0.1, -0.05) is 78.4 Å². The van der Waals surface area contributed by atoms with Crippen molar-refractivity contribution in [2.45, 2.75) is 37.3 Å². The quantitative estimate of drug-likeness (QED) is 0.109. The number of anilines is 2. The Kier molecular flexibility index (Phi) is 9.89. The lowest BCUT2D eigenvalue weighted by Crippen LogP contribution is -2.30. The standard InChI is InChI=1S/C35H32N4O3S2/c1-4-30(34(42)39-35-38-28-17-16-23(3)19-31(28)44-35)43-27-15-9-14-26(21-27)36-33(41)29(20-24-11-8-10-22(2)18-24)37-32(40)25-12-6-5-7-13-25/h5-21,30H,4H2,1-3H3,(H,36,41)(H,37,40)(H,38,39,42)/b29-20+. The Morgan fingerprint density at radius 3 is 2.41 bits per heavy atom. The highest BCUT2D eigenvalue weighted by molar-refractivity contribution is 8.00. The molecule has 5 rings (SSSR count). The van der Waals surface area contributed by atoms with Crippen LogP contribution < -0.4 is 16.0 Å². The predicted octanol–water partition coefficient (Wildman–Crippen LogP) is 7.83. The maximum Gasteiger partial charge on any atom is 0.272 e. The van der Waals surface area contributed by atoms with Crippen molar-refractivity contribution in [1.82, 2.24) is 10.3 Å². The molecule has 0 saturated carbocycles. The van der Waals surface area contributed by atoms with Gasteiger partial charge in [-0.2, -0.15) is 0 Å². The van der Waals surface area contributed by atoms with E-state index in [1.54, 1.807) is 36.4 Å². The van der Waals surface area contributed by atoms with Crippen LogP contribution in [0.5, 0.6) is 0 Å². The van der Waals surface area contributed by atoms with Crippen LogP contribution in [0.4, 0.5) is 10.8 Å². The molecule has 222 valence electrons. The maximum absolute atomic E-state index is 13.5. The largest absolute Gasteiger partial charge is 0.321 e. The molecular weight excluding hydrogens is 589 g/mol. The zero-order valence-electron chi connectivity index (χ0n) is 24.6. The molecule has 7 nitrogen and oxygen atoms in total. The Morgan fingerprint density at radius 1 is 0.864 bits per heavy atom. The third-order valence-corrected chi connectivity index (χ3v) is 8.98. The van der Waals surface area contributed by atoms with Gasteiger partial charge < -0.3 is 16.0 Å². The minimum absolute atomic E-state index is 0.111. The fourth-order valence-electron chi connectivity index (χ4n) is 4.47. The molecule has 1 heterocycles. The summed E-state index contributed by atoms with van der Waals surface area (Å²) in [4.78, 5) is 45.0. The van der Waals surface area contributed by atoms with Crippen molar-refractivity contribution < 1.29 is 14.4 Å². The highest BCUT2D eigenvalue weighted by atomic mass is 32.2. The van der Waals surface area contributed by atoms with E-state index < -0.39 is 5.91 Å². The van der Waals surface area contributed by atoms with Gasteiger partial charge in [0, 0.05) is 16.1 Å². The summed E-state index contributed by atoms with van der Waals surface area (Å²) in [6, 6.07) is 29.8. The fourth-order valence-corrected chi connectivity index (χ4v) is 6.45. The Balaban J connectivity index is 1.30. The van der Waals surface area contributed by atoms with Gasteiger partial charge in [-0.25, -0.2) is 4.98 Å². The molecule has 0 bridgehead atoms. The van der Waals surface area contributed by atoms with E-state index in [9.17, 15) is 14.4 Å². The molecule has 5 aromatic rings. The highest BCUT2D eigenvalue weighted by Crippen LogP contribution is 2.31. The fraction of sp³-hybridized carbons (Fsp3) is 0.143. The molecule has 0 spiro atoms. The number of amides is 3. The summed E-state index contributed by atoms with van der Waals surface area (Å²) in [5.41, 5.74) is 4.91. The molecule has 0 aliphatic carbocycles. The number of carbonyl (C=O) groups excluding carboxylic acids is 3. The monoisotopic (exact) mass is 620 g/mol. The van der Waals surface area contributed by atoms with Crippen molar-refractivity contribution in [2.75, 3.05) is 10.6 Å². The number of thioether (sulfide) groups is 1. The number of aromatic nitrogens is 1. The Morgan fingerprint density at radius 2 is 1.64 bits per heavy atom. The average molecular weight is 621 g/mol. The van der Waals surface area contributed by atoms with Gasteiger partial charge in [0.2, 0.25) is 5.91 Å². The minimum atomic E-state index is -0.464. The number of nitrogens with one attached hydrogen (secondary N) is 3. The molecule has 1 atom stereocenters. The molecule has 1 unspecified atom stereocenters. The lowest BCUT2D eigenvalue weighted by atomic mass is 10.1. The molecule has 44 heavy (non-hydrogen) atoms. The molecule has 0 aliphatic rings. The summed E-state index contributed by atoms with van der Waals surface area (Å²) in [6.45, 7) is 5.95. The SMILES string of the molecule is CCC(Sc1cccc(NC(=O)/C(=C\c2cccc(C)c2)NC(=O)c2ccccc2)c1)C(=O)Nc1nc2ccc(C)cc2s1. The first-order valence-corrected chi connectivity index (χ1v) is 15.9. The van der Waals surface area contributed by atoms with Crippen molar-refractivity contribution in [3.05, 3.63) is 125 Å². The first-order chi connectivity index (χ1) is 21.3. The molecule has 0 radical (unpaired) electrons. The molecule has 9 heteroatoms. The van der Waals surface area contributed by atoms with Crippen LogP contribution in [0.15, 0.2) is 108 Å². The van der Waals surface area contributed by atoms with Gasteiger partial charge in [0.05, 0.1) is 15.5 Å². The van der Waals surface area contributed by atoms with Crippen LogP contribution in [0.1, 0.15) is 40.4 Å². The summed E-state index contributed by atoms with van der Waals surface area (Å²) in [7, 11) is 0. The second kappa shape index (κ2) is 14.2. The number of rotatable bonds is 10. The number of thiazole rings is 1. The molecule has 0 aliphatic heterocycles. The van der Waals surface area contributed by atoms with E-state index in [1.807, 2.05) is 81.4 Å². The molecule has 3 amide bonds. The van der Waals surface area contributed by atoms with E-state index in [2.05, 4.69) is 27.0 Å². The normalized spacial score (nSPS) is 12.0. The van der Waals surface area contributed by atoms with Gasteiger partial charge in [0.1, 0.15) is 5.70 Å². The number of benzene rings is 4. The van der Waals surface area contributed by atoms with E-state index in [0.717, 1.165) is 31.8 Å². The van der Waals surface area contributed by atoms with Gasteiger partial charge in [-0.3, -0.25) is 14.4 Å². The minimum Gasteiger partial charge on any atom is -0.321 e. The van der Waals surface area contributed by atoms with Crippen molar-refractivity contribution in [1.29, 1.82) is 0 Å². The van der Waals surface area contributed by atoms with Crippen molar-refractivity contribution in [3.8, 4) is 0 Å². The lowest BCUT2D eigenvalue weighted by molar-refractivity contribution is -0.116. The average Bonchev–Trinajstić information content (AvgIpc) is 3.41. The van der Waals surface area contributed by atoms with Crippen LogP contribution in [0.2, 0.25) is 0 Å². The van der Waals surface area contributed by atoms with E-state index in [0.29, 0.717) is 22.8 Å². The van der Waals surface area contributed by atoms with Gasteiger partial charge in [0.25, 0.3) is 11.8 Å². The number of hydrogen-bond donors (Lipinski definition) is 3. The zero-order chi connectivity index (χ0) is 31.1. The zero-order valence-corrected chi connectivity index (χ0v) is 26.2. The Labute approximate surface area is 264 Å². The van der Waals surface area contributed by atoms with Gasteiger partial charge in [0.15, 0.2) is 5.13 Å². The Bertz CT molecular complexity index is 1850. The molecule has 0 fully saturated rings. The molecular formula is C35H32N4O3S2. The van der Waals surface area contributed by atoms with E-state index in [-0.39, 0.29) is 22.8 Å². The third kappa shape index (κ3) is 8.00. The number of carbonyl (C=O) groups is 3. The topological polar surface area (TPSA) is 100 Å². The molecule has 4 aromatic carbocycles. The van der Waals surface area contributed by atoms with E-state index in [1.165, 1.54) is 23.1 Å². The number of hydrogen-bond acceptors (Lipinski definition) is 6.